The van der Waals surface area contributed by atoms with Gasteiger partial charge in [-0.05, 0) is 59.0 Å². The lowest BCUT2D eigenvalue weighted by Crippen LogP contribution is -2.18. The molecule has 0 bridgehead atoms. The molecular weight excluding hydrogens is 288 g/mol. The Balaban J connectivity index is 3.05. The van der Waals surface area contributed by atoms with Crippen LogP contribution in [0.15, 0.2) is 11.2 Å². The van der Waals surface area contributed by atoms with Gasteiger partial charge in [0.1, 0.15) is 10.5 Å². The topological polar surface area (TPSA) is 60.7 Å². The van der Waals surface area contributed by atoms with Crippen LogP contribution in [0.4, 0.5) is 4.79 Å². The van der Waals surface area contributed by atoms with Crippen LogP contribution in [0.1, 0.15) is 53.0 Å². The van der Waals surface area contributed by atoms with Gasteiger partial charge in [-0.25, -0.2) is 4.79 Å². The monoisotopic (exact) mass is 312 g/mol. The molecular formula is C15H24N2O3S. The van der Waals surface area contributed by atoms with Gasteiger partial charge in [0.25, 0.3) is 0 Å². The van der Waals surface area contributed by atoms with Gasteiger partial charge in [0.15, 0.2) is 0 Å². The highest BCUT2D eigenvalue weighted by molar-refractivity contribution is 7.04. The highest BCUT2D eigenvalue weighted by Gasteiger charge is 2.16. The summed E-state index contributed by atoms with van der Waals surface area (Å²) in [5, 5.41) is 0. The fourth-order valence-corrected chi connectivity index (χ4v) is 2.76. The molecule has 6 heteroatoms. The number of carbonyl (C=O) groups excluding carboxylic acids is 2. The summed E-state index contributed by atoms with van der Waals surface area (Å²) in [6.07, 6.45) is 3.50. The minimum absolute atomic E-state index is 0.0670. The average Bonchev–Trinajstić information content (AvgIpc) is 2.72. The number of ether oxygens (including phenoxy) is 1. The lowest BCUT2D eigenvalue weighted by atomic mass is 10.1. The Hall–Kier alpha value is -1.43. The van der Waals surface area contributed by atoms with E-state index >= 15 is 0 Å². The maximum atomic E-state index is 11.6. The van der Waals surface area contributed by atoms with Gasteiger partial charge in [0, 0.05) is 23.7 Å². The number of ketones is 1. The van der Waals surface area contributed by atoms with Gasteiger partial charge in [0.2, 0.25) is 0 Å². The van der Waals surface area contributed by atoms with Gasteiger partial charge in [-0.15, -0.1) is 0 Å². The largest absolute Gasteiger partial charge is 0.448 e. The van der Waals surface area contributed by atoms with Crippen molar-refractivity contribution >= 4 is 23.4 Å². The molecule has 0 fully saturated rings. The van der Waals surface area contributed by atoms with E-state index in [1.54, 1.807) is 13.8 Å². The van der Waals surface area contributed by atoms with Crippen LogP contribution in [-0.4, -0.2) is 22.4 Å². The number of rotatable bonds is 5. The molecule has 21 heavy (non-hydrogen) atoms. The van der Waals surface area contributed by atoms with E-state index in [0.717, 1.165) is 18.4 Å². The summed E-state index contributed by atoms with van der Waals surface area (Å²) in [5.74, 6) is 0.179. The fraction of sp³-hybridized carbons (Fsp3) is 0.667. The normalized spacial score (nSPS) is 12.5. The number of hydrogen-bond acceptors (Lipinski definition) is 4. The molecule has 1 rings (SSSR count). The minimum atomic E-state index is -0.562. The van der Waals surface area contributed by atoms with Crippen LogP contribution in [-0.2, 0) is 21.5 Å². The third-order valence-electron chi connectivity index (χ3n) is 2.83. The number of hydrogen-bond donors (Lipinski definition) is 0. The molecule has 0 aliphatic rings. The molecule has 1 heterocycles. The second kappa shape index (κ2) is 7.54. The van der Waals surface area contributed by atoms with Gasteiger partial charge >= 0.3 is 6.09 Å². The first-order valence-corrected chi connectivity index (χ1v) is 7.94. The summed E-state index contributed by atoms with van der Waals surface area (Å²) >= 11 is 1.44. The second-order valence-corrected chi connectivity index (χ2v) is 6.88. The number of nitrogens with zero attached hydrogens (tertiary/aromatic N) is 2. The fourth-order valence-electron chi connectivity index (χ4n) is 1.74. The summed E-state index contributed by atoms with van der Waals surface area (Å²) < 4.78 is 7.63. The zero-order valence-corrected chi connectivity index (χ0v) is 14.2. The maximum absolute atomic E-state index is 11.6. The Labute approximate surface area is 129 Å². The van der Waals surface area contributed by atoms with Crippen LogP contribution in [0.3, 0.4) is 0 Å². The Morgan fingerprint density at radius 3 is 2.57 bits per heavy atom. The SMILES string of the molecule is CCOC(=O)N=c1sn(C(C)(C)C)cc1CCCC(C)=O. The zero-order chi connectivity index (χ0) is 16.0. The van der Waals surface area contributed by atoms with E-state index in [0.29, 0.717) is 17.7 Å². The average molecular weight is 312 g/mol. The van der Waals surface area contributed by atoms with Gasteiger partial charge < -0.3 is 9.53 Å². The Morgan fingerprint density at radius 1 is 1.38 bits per heavy atom. The molecule has 1 aromatic rings. The van der Waals surface area contributed by atoms with Crippen LogP contribution >= 0.6 is 11.5 Å². The van der Waals surface area contributed by atoms with Gasteiger partial charge in [-0.1, -0.05) is 0 Å². The summed E-state index contributed by atoms with van der Waals surface area (Å²) in [7, 11) is 0. The molecule has 0 saturated carbocycles. The molecule has 1 aromatic heterocycles. The number of aryl methyl sites for hydroxylation is 1. The molecule has 0 N–H and O–H groups in total. The van der Waals surface area contributed by atoms with Crippen LogP contribution in [0.25, 0.3) is 0 Å². The molecule has 0 aliphatic heterocycles. The number of aromatic nitrogens is 1. The first kappa shape index (κ1) is 17.6. The molecule has 0 radical (unpaired) electrons. The third-order valence-corrected chi connectivity index (χ3v) is 4.21. The molecule has 0 atom stereocenters. The van der Waals surface area contributed by atoms with E-state index in [2.05, 4.69) is 29.7 Å². The van der Waals surface area contributed by atoms with Crippen molar-refractivity contribution in [3.05, 3.63) is 16.4 Å². The summed E-state index contributed by atoms with van der Waals surface area (Å²) in [6, 6.07) is 0. The molecule has 118 valence electrons. The van der Waals surface area contributed by atoms with Crippen molar-refractivity contribution in [1.82, 2.24) is 3.96 Å². The van der Waals surface area contributed by atoms with E-state index in [1.165, 1.54) is 11.5 Å². The molecule has 0 spiro atoms. The van der Waals surface area contributed by atoms with E-state index in [-0.39, 0.29) is 11.3 Å². The van der Waals surface area contributed by atoms with E-state index in [4.69, 9.17) is 4.74 Å². The number of carbonyl (C=O) groups is 2. The van der Waals surface area contributed by atoms with Crippen molar-refractivity contribution in [2.24, 2.45) is 4.99 Å². The van der Waals surface area contributed by atoms with Crippen LogP contribution in [0.5, 0.6) is 0 Å². The van der Waals surface area contributed by atoms with E-state index < -0.39 is 6.09 Å². The predicted molar refractivity (Wildman–Crippen MR) is 83.5 cm³/mol. The minimum Gasteiger partial charge on any atom is -0.448 e. The number of Topliss-reactive ketones (excluding diaryl/α,β-unsaturated/α-hetero) is 1. The quantitative estimate of drug-likeness (QED) is 0.838. The summed E-state index contributed by atoms with van der Waals surface area (Å²) in [5.41, 5.74) is 0.923. The molecule has 0 unspecified atom stereocenters. The molecule has 1 amide bonds. The van der Waals surface area contributed by atoms with Gasteiger partial charge in [-0.3, -0.25) is 3.96 Å². The summed E-state index contributed by atoms with van der Waals surface area (Å²) in [4.78, 5) is 26.6. The molecule has 0 saturated heterocycles. The van der Waals surface area contributed by atoms with E-state index in [1.807, 2.05) is 6.20 Å². The summed E-state index contributed by atoms with van der Waals surface area (Å²) in [6.45, 7) is 9.94. The van der Waals surface area contributed by atoms with E-state index in [9.17, 15) is 9.59 Å². The highest BCUT2D eigenvalue weighted by Crippen LogP contribution is 2.17. The molecule has 0 aliphatic carbocycles. The maximum Gasteiger partial charge on any atom is 0.434 e. The molecule has 5 nitrogen and oxygen atoms in total. The van der Waals surface area contributed by atoms with Gasteiger partial charge in [0.05, 0.1) is 6.61 Å². The zero-order valence-electron chi connectivity index (χ0n) is 13.4. The third kappa shape index (κ3) is 5.83. The van der Waals surface area contributed by atoms with Crippen molar-refractivity contribution in [1.29, 1.82) is 0 Å². The van der Waals surface area contributed by atoms with Crippen LogP contribution < -0.4 is 4.67 Å². The molecule has 0 aromatic carbocycles. The first-order valence-electron chi connectivity index (χ1n) is 7.17. The Bertz CT molecular complexity index is 564. The lowest BCUT2D eigenvalue weighted by Gasteiger charge is -2.19. The van der Waals surface area contributed by atoms with Crippen molar-refractivity contribution in [2.45, 2.75) is 59.4 Å². The standard InChI is InChI=1S/C15H24N2O3S/c1-6-20-14(19)16-13-12(9-7-8-11(2)18)10-17(21-13)15(3,4)5/h10H,6-9H2,1-5H3. The van der Waals surface area contributed by atoms with Crippen molar-refractivity contribution in [3.63, 3.8) is 0 Å². The first-order chi connectivity index (χ1) is 9.74. The van der Waals surface area contributed by atoms with Gasteiger partial charge in [-0.2, -0.15) is 4.99 Å². The van der Waals surface area contributed by atoms with Crippen molar-refractivity contribution in [2.75, 3.05) is 6.61 Å². The van der Waals surface area contributed by atoms with Crippen molar-refractivity contribution < 1.29 is 14.3 Å². The van der Waals surface area contributed by atoms with Crippen molar-refractivity contribution in [3.8, 4) is 0 Å². The predicted octanol–water partition coefficient (Wildman–Crippen LogP) is 3.27. The lowest BCUT2D eigenvalue weighted by molar-refractivity contribution is -0.117. The second-order valence-electron chi connectivity index (χ2n) is 5.91. The van der Waals surface area contributed by atoms with Crippen LogP contribution in [0.2, 0.25) is 0 Å². The Kier molecular flexibility index (Phi) is 6.33. The smallest absolute Gasteiger partial charge is 0.434 e. The Morgan fingerprint density at radius 2 is 2.05 bits per heavy atom. The van der Waals surface area contributed by atoms with Crippen LogP contribution in [0, 0.1) is 0 Å². The number of amides is 1. The highest BCUT2D eigenvalue weighted by atomic mass is 32.1.